The number of aromatic nitrogens is 2. The molecule has 0 aliphatic carbocycles. The first-order valence-electron chi connectivity index (χ1n) is 9.08. The molecule has 0 amide bonds. The third kappa shape index (κ3) is 3.99. The zero-order valence-electron chi connectivity index (χ0n) is 15.2. The number of nitrogens with zero attached hydrogens (tertiary/aromatic N) is 2. The van der Waals surface area contributed by atoms with Crippen molar-refractivity contribution in [1.29, 1.82) is 0 Å². The van der Waals surface area contributed by atoms with Crippen molar-refractivity contribution in [1.82, 2.24) is 9.78 Å². The molecule has 0 N–H and O–H groups in total. The molecule has 7 heteroatoms. The Bertz CT molecular complexity index is 1080. The molecule has 1 saturated heterocycles. The predicted octanol–water partition coefficient (Wildman–Crippen LogP) is 3.02. The van der Waals surface area contributed by atoms with E-state index in [9.17, 15) is 13.2 Å². The van der Waals surface area contributed by atoms with Gasteiger partial charge in [-0.2, -0.15) is 5.10 Å². The average molecular weight is 396 g/mol. The van der Waals surface area contributed by atoms with Gasteiger partial charge >= 0.3 is 5.97 Å². The first kappa shape index (κ1) is 18.4. The highest BCUT2D eigenvalue weighted by molar-refractivity contribution is 7.91. The van der Waals surface area contributed by atoms with Crippen LogP contribution in [-0.4, -0.2) is 35.7 Å². The number of esters is 1. The molecule has 0 unspecified atom stereocenters. The summed E-state index contributed by atoms with van der Waals surface area (Å²) in [5.74, 6) is -1.11. The van der Waals surface area contributed by atoms with Gasteiger partial charge < -0.3 is 4.74 Å². The lowest BCUT2D eigenvalue weighted by molar-refractivity contribution is -0.148. The van der Waals surface area contributed by atoms with Crippen molar-refractivity contribution in [3.8, 4) is 16.9 Å². The third-order valence-electron chi connectivity index (χ3n) is 4.79. The zero-order valence-corrected chi connectivity index (χ0v) is 16.0. The van der Waals surface area contributed by atoms with Crippen molar-refractivity contribution >= 4 is 15.8 Å². The molecule has 1 aromatic heterocycles. The van der Waals surface area contributed by atoms with Crippen LogP contribution in [0.4, 0.5) is 0 Å². The quantitative estimate of drug-likeness (QED) is 0.620. The number of sulfone groups is 1. The van der Waals surface area contributed by atoms with Crippen LogP contribution in [0.1, 0.15) is 12.0 Å². The molecular weight excluding hydrogens is 376 g/mol. The van der Waals surface area contributed by atoms with E-state index in [1.165, 1.54) is 0 Å². The second kappa shape index (κ2) is 7.59. The molecule has 1 atom stereocenters. The van der Waals surface area contributed by atoms with E-state index in [0.29, 0.717) is 6.42 Å². The topological polar surface area (TPSA) is 78.3 Å². The lowest BCUT2D eigenvalue weighted by atomic mass is 10.1. The van der Waals surface area contributed by atoms with Crippen molar-refractivity contribution in [2.24, 2.45) is 5.92 Å². The van der Waals surface area contributed by atoms with E-state index in [-0.39, 0.29) is 18.1 Å². The summed E-state index contributed by atoms with van der Waals surface area (Å²) in [7, 11) is -3.12. The van der Waals surface area contributed by atoms with E-state index in [0.717, 1.165) is 22.5 Å². The lowest BCUT2D eigenvalue weighted by Gasteiger charge is -2.08. The number of carbonyl (C=O) groups is 1. The van der Waals surface area contributed by atoms with Crippen molar-refractivity contribution in [3.05, 3.63) is 72.4 Å². The zero-order chi connectivity index (χ0) is 19.6. The van der Waals surface area contributed by atoms with Gasteiger partial charge in [0.2, 0.25) is 0 Å². The molecule has 1 aliphatic heterocycles. The maximum Gasteiger partial charge on any atom is 0.310 e. The normalized spacial score (nSPS) is 18.1. The molecule has 2 heterocycles. The Morgan fingerprint density at radius 3 is 2.39 bits per heavy atom. The Morgan fingerprint density at radius 2 is 1.75 bits per heavy atom. The van der Waals surface area contributed by atoms with Crippen LogP contribution in [-0.2, 0) is 26.0 Å². The van der Waals surface area contributed by atoms with Crippen molar-refractivity contribution < 1.29 is 17.9 Å². The molecule has 0 spiro atoms. The minimum Gasteiger partial charge on any atom is -0.460 e. The van der Waals surface area contributed by atoms with Gasteiger partial charge in [-0.25, -0.2) is 13.1 Å². The highest BCUT2D eigenvalue weighted by atomic mass is 32.2. The second-order valence-corrected chi connectivity index (χ2v) is 9.09. The van der Waals surface area contributed by atoms with E-state index in [1.54, 1.807) is 4.68 Å². The highest BCUT2D eigenvalue weighted by Crippen LogP contribution is 2.25. The van der Waals surface area contributed by atoms with Gasteiger partial charge in [0.1, 0.15) is 6.61 Å². The lowest BCUT2D eigenvalue weighted by Crippen LogP contribution is -2.18. The van der Waals surface area contributed by atoms with Crippen LogP contribution < -0.4 is 0 Å². The van der Waals surface area contributed by atoms with Gasteiger partial charge in [0.05, 0.1) is 28.8 Å². The summed E-state index contributed by atoms with van der Waals surface area (Å²) >= 11 is 0. The molecule has 6 nitrogen and oxygen atoms in total. The molecule has 0 bridgehead atoms. The number of carbonyl (C=O) groups excluding carboxylic acids is 1. The number of para-hydroxylation sites is 1. The van der Waals surface area contributed by atoms with E-state index in [1.807, 2.05) is 66.9 Å². The standard InChI is InChI=1S/C21H20N2O4S/c24-21(17-11-12-28(25,26)15-17)27-14-18-13-23(19-9-5-2-6-10-19)22-20(18)16-7-3-1-4-8-16/h1-10,13,17H,11-12,14-15H2/t17-/m1/s1. The summed E-state index contributed by atoms with van der Waals surface area (Å²) in [6.07, 6.45) is 2.17. The predicted molar refractivity (Wildman–Crippen MR) is 106 cm³/mol. The van der Waals surface area contributed by atoms with E-state index < -0.39 is 21.7 Å². The molecule has 2 aromatic carbocycles. The molecule has 1 aliphatic rings. The first-order chi connectivity index (χ1) is 13.5. The largest absolute Gasteiger partial charge is 0.460 e. The van der Waals surface area contributed by atoms with Crippen molar-refractivity contribution in [2.45, 2.75) is 13.0 Å². The van der Waals surface area contributed by atoms with E-state index >= 15 is 0 Å². The number of ether oxygens (including phenoxy) is 1. The van der Waals surface area contributed by atoms with Crippen LogP contribution in [0.2, 0.25) is 0 Å². The summed E-state index contributed by atoms with van der Waals surface area (Å²) < 4.78 is 30.4. The van der Waals surface area contributed by atoms with Gasteiger partial charge in [-0.05, 0) is 18.6 Å². The highest BCUT2D eigenvalue weighted by Gasteiger charge is 2.34. The first-order valence-corrected chi connectivity index (χ1v) is 10.9. The Labute approximate surface area is 163 Å². The third-order valence-corrected chi connectivity index (χ3v) is 6.56. The van der Waals surface area contributed by atoms with Gasteiger partial charge in [0.15, 0.2) is 9.84 Å². The van der Waals surface area contributed by atoms with Gasteiger partial charge in [-0.1, -0.05) is 48.5 Å². The van der Waals surface area contributed by atoms with Crippen LogP contribution in [0.15, 0.2) is 66.9 Å². The van der Waals surface area contributed by atoms with Crippen LogP contribution in [0.3, 0.4) is 0 Å². The molecule has 144 valence electrons. The Morgan fingerprint density at radius 1 is 1.07 bits per heavy atom. The fourth-order valence-corrected chi connectivity index (χ4v) is 5.04. The summed E-state index contributed by atoms with van der Waals surface area (Å²) in [6.45, 7) is 0.0481. The molecule has 1 fully saturated rings. The maximum absolute atomic E-state index is 12.3. The molecule has 4 rings (SSSR count). The Hall–Kier alpha value is -2.93. The van der Waals surface area contributed by atoms with Crippen LogP contribution in [0.25, 0.3) is 16.9 Å². The number of hydrogen-bond acceptors (Lipinski definition) is 5. The second-order valence-electron chi connectivity index (χ2n) is 6.86. The van der Waals surface area contributed by atoms with Crippen LogP contribution in [0.5, 0.6) is 0 Å². The fourth-order valence-electron chi connectivity index (χ4n) is 3.31. The molecule has 3 aromatic rings. The van der Waals surface area contributed by atoms with Crippen LogP contribution >= 0.6 is 0 Å². The molecule has 0 radical (unpaired) electrons. The van der Waals surface area contributed by atoms with E-state index in [2.05, 4.69) is 5.10 Å². The summed E-state index contributed by atoms with van der Waals surface area (Å²) in [4.78, 5) is 12.3. The Kier molecular flexibility index (Phi) is 5.00. The number of rotatable bonds is 5. The monoisotopic (exact) mass is 396 g/mol. The summed E-state index contributed by atoms with van der Waals surface area (Å²) in [5.41, 5.74) is 3.33. The van der Waals surface area contributed by atoms with Gasteiger partial charge in [0, 0.05) is 17.3 Å². The summed E-state index contributed by atoms with van der Waals surface area (Å²) in [6, 6.07) is 19.4. The van der Waals surface area contributed by atoms with Crippen molar-refractivity contribution in [3.63, 3.8) is 0 Å². The molecule has 28 heavy (non-hydrogen) atoms. The van der Waals surface area contributed by atoms with E-state index in [4.69, 9.17) is 4.74 Å². The fraction of sp³-hybridized carbons (Fsp3) is 0.238. The maximum atomic E-state index is 12.3. The smallest absolute Gasteiger partial charge is 0.310 e. The summed E-state index contributed by atoms with van der Waals surface area (Å²) in [5, 5.41) is 4.68. The minimum absolute atomic E-state index is 0.0481. The molecular formula is C21H20N2O4S. The van der Waals surface area contributed by atoms with Gasteiger partial charge in [-0.3, -0.25) is 4.79 Å². The Balaban J connectivity index is 1.58. The molecule has 0 saturated carbocycles. The van der Waals surface area contributed by atoms with Crippen molar-refractivity contribution in [2.75, 3.05) is 11.5 Å². The average Bonchev–Trinajstić information content (AvgIpc) is 3.31. The van der Waals surface area contributed by atoms with Crippen LogP contribution in [0, 0.1) is 5.92 Å². The SMILES string of the molecule is O=C(OCc1cn(-c2ccccc2)nc1-c1ccccc1)[C@@H]1CCS(=O)(=O)C1. The van der Waals surface area contributed by atoms with Gasteiger partial charge in [-0.15, -0.1) is 0 Å². The number of hydrogen-bond donors (Lipinski definition) is 0. The minimum atomic E-state index is -3.12. The van der Waals surface area contributed by atoms with Gasteiger partial charge in [0.25, 0.3) is 0 Å². The number of benzene rings is 2.